The molecule has 2 N–H and O–H groups in total. The molecule has 20 heavy (non-hydrogen) atoms. The standard InChI is InChI=1S/C16H20FNO2/c17-14-4-2-1-3-12(14)15(19)9-18-16(20)13-8-10-5-6-11(13)7-10/h1-4,10-11,13,15,19H,5-9H2,(H,18,20). The van der Waals surface area contributed by atoms with Crippen LogP contribution < -0.4 is 5.32 Å². The van der Waals surface area contributed by atoms with E-state index in [2.05, 4.69) is 5.32 Å². The lowest BCUT2D eigenvalue weighted by molar-refractivity contribution is -0.127. The molecular weight excluding hydrogens is 257 g/mol. The van der Waals surface area contributed by atoms with E-state index in [4.69, 9.17) is 0 Å². The Kier molecular flexibility index (Phi) is 3.74. The number of hydrogen-bond acceptors (Lipinski definition) is 2. The lowest BCUT2D eigenvalue weighted by atomic mass is 9.88. The van der Waals surface area contributed by atoms with Gasteiger partial charge >= 0.3 is 0 Å². The Bertz CT molecular complexity index is 505. The zero-order valence-electron chi connectivity index (χ0n) is 11.4. The van der Waals surface area contributed by atoms with Crippen LogP contribution >= 0.6 is 0 Å². The molecule has 3 nitrogen and oxygen atoms in total. The van der Waals surface area contributed by atoms with Gasteiger partial charge in [-0.05, 0) is 37.2 Å². The predicted molar refractivity (Wildman–Crippen MR) is 73.3 cm³/mol. The SMILES string of the molecule is O=C(NCC(O)c1ccccc1F)C1CC2CCC1C2. The second kappa shape index (κ2) is 5.52. The van der Waals surface area contributed by atoms with Crippen molar-refractivity contribution in [2.45, 2.75) is 31.8 Å². The molecule has 2 fully saturated rings. The number of amides is 1. The molecule has 2 aliphatic carbocycles. The zero-order valence-corrected chi connectivity index (χ0v) is 11.4. The molecule has 2 bridgehead atoms. The fourth-order valence-electron chi connectivity index (χ4n) is 3.75. The Labute approximate surface area is 118 Å². The molecule has 0 aromatic heterocycles. The van der Waals surface area contributed by atoms with Crippen LogP contribution in [-0.2, 0) is 4.79 Å². The Hall–Kier alpha value is -1.42. The molecule has 2 saturated carbocycles. The fraction of sp³-hybridized carbons (Fsp3) is 0.562. The van der Waals surface area contributed by atoms with Gasteiger partial charge in [0.2, 0.25) is 5.91 Å². The normalized spacial score (nSPS) is 29.4. The van der Waals surface area contributed by atoms with E-state index >= 15 is 0 Å². The molecule has 0 spiro atoms. The first kappa shape index (κ1) is 13.6. The van der Waals surface area contributed by atoms with Crippen molar-refractivity contribution < 1.29 is 14.3 Å². The Morgan fingerprint density at radius 1 is 1.35 bits per heavy atom. The summed E-state index contributed by atoms with van der Waals surface area (Å²) in [5, 5.41) is 12.7. The first-order valence-electron chi connectivity index (χ1n) is 7.35. The topological polar surface area (TPSA) is 49.3 Å². The van der Waals surface area contributed by atoms with E-state index in [1.54, 1.807) is 18.2 Å². The van der Waals surface area contributed by atoms with Crippen LogP contribution in [0.2, 0.25) is 0 Å². The van der Waals surface area contributed by atoms with Crippen LogP contribution in [0.5, 0.6) is 0 Å². The molecule has 1 amide bonds. The molecule has 0 saturated heterocycles. The van der Waals surface area contributed by atoms with Gasteiger partial charge < -0.3 is 10.4 Å². The molecule has 4 atom stereocenters. The maximum atomic E-state index is 13.5. The smallest absolute Gasteiger partial charge is 0.223 e. The van der Waals surface area contributed by atoms with Crippen LogP contribution in [0.3, 0.4) is 0 Å². The van der Waals surface area contributed by atoms with Gasteiger partial charge in [-0.2, -0.15) is 0 Å². The first-order valence-corrected chi connectivity index (χ1v) is 7.35. The monoisotopic (exact) mass is 277 g/mol. The minimum Gasteiger partial charge on any atom is -0.386 e. The van der Waals surface area contributed by atoms with Gasteiger partial charge in [0, 0.05) is 18.0 Å². The molecule has 4 unspecified atom stereocenters. The maximum absolute atomic E-state index is 13.5. The van der Waals surface area contributed by atoms with Crippen LogP contribution in [-0.4, -0.2) is 17.6 Å². The van der Waals surface area contributed by atoms with E-state index in [9.17, 15) is 14.3 Å². The third kappa shape index (κ3) is 2.57. The number of aliphatic hydroxyl groups excluding tert-OH is 1. The van der Waals surface area contributed by atoms with Crippen LogP contribution in [0, 0.1) is 23.6 Å². The minimum atomic E-state index is -0.987. The molecule has 0 heterocycles. The van der Waals surface area contributed by atoms with Crippen LogP contribution in [0.25, 0.3) is 0 Å². The van der Waals surface area contributed by atoms with E-state index in [1.165, 1.54) is 18.9 Å². The van der Waals surface area contributed by atoms with Gasteiger partial charge in [0.25, 0.3) is 0 Å². The summed E-state index contributed by atoms with van der Waals surface area (Å²) in [5.41, 5.74) is 0.237. The molecular formula is C16H20FNO2. The van der Waals surface area contributed by atoms with E-state index in [0.717, 1.165) is 12.8 Å². The third-order valence-corrected chi connectivity index (χ3v) is 4.81. The second-order valence-corrected chi connectivity index (χ2v) is 6.06. The number of benzene rings is 1. The Morgan fingerprint density at radius 2 is 2.15 bits per heavy atom. The Morgan fingerprint density at radius 3 is 2.80 bits per heavy atom. The molecule has 1 aromatic rings. The molecule has 0 aliphatic heterocycles. The number of rotatable bonds is 4. The number of hydrogen-bond donors (Lipinski definition) is 2. The van der Waals surface area contributed by atoms with E-state index in [-0.39, 0.29) is 23.9 Å². The summed E-state index contributed by atoms with van der Waals surface area (Å²) >= 11 is 0. The van der Waals surface area contributed by atoms with E-state index in [0.29, 0.717) is 11.8 Å². The fourth-order valence-corrected chi connectivity index (χ4v) is 3.75. The van der Waals surface area contributed by atoms with Crippen molar-refractivity contribution in [2.24, 2.45) is 17.8 Å². The number of halogens is 1. The van der Waals surface area contributed by atoms with Gasteiger partial charge in [-0.15, -0.1) is 0 Å². The van der Waals surface area contributed by atoms with E-state index in [1.807, 2.05) is 0 Å². The zero-order chi connectivity index (χ0) is 14.1. The quantitative estimate of drug-likeness (QED) is 0.888. The number of fused-ring (bicyclic) bond motifs is 2. The lowest BCUT2D eigenvalue weighted by Gasteiger charge is -2.22. The summed E-state index contributed by atoms with van der Waals surface area (Å²) in [7, 11) is 0. The summed E-state index contributed by atoms with van der Waals surface area (Å²) < 4.78 is 13.5. The molecule has 4 heteroatoms. The molecule has 1 aromatic carbocycles. The average molecular weight is 277 g/mol. The number of carbonyl (C=O) groups excluding carboxylic acids is 1. The summed E-state index contributed by atoms with van der Waals surface area (Å²) in [6.07, 6.45) is 3.57. The number of nitrogens with one attached hydrogen (secondary N) is 1. The molecule has 0 radical (unpaired) electrons. The number of carbonyl (C=O) groups is 1. The number of aliphatic hydroxyl groups is 1. The van der Waals surface area contributed by atoms with Gasteiger partial charge in [0.05, 0.1) is 6.10 Å². The van der Waals surface area contributed by atoms with Crippen LogP contribution in [0.1, 0.15) is 37.4 Å². The Balaban J connectivity index is 1.54. The van der Waals surface area contributed by atoms with Gasteiger partial charge in [0.15, 0.2) is 0 Å². The van der Waals surface area contributed by atoms with Crippen LogP contribution in [0.4, 0.5) is 4.39 Å². The largest absolute Gasteiger partial charge is 0.386 e. The van der Waals surface area contributed by atoms with Crippen molar-refractivity contribution in [3.63, 3.8) is 0 Å². The van der Waals surface area contributed by atoms with Crippen molar-refractivity contribution in [1.82, 2.24) is 5.32 Å². The molecule has 3 rings (SSSR count). The van der Waals surface area contributed by atoms with Crippen molar-refractivity contribution in [3.8, 4) is 0 Å². The third-order valence-electron chi connectivity index (χ3n) is 4.81. The summed E-state index contributed by atoms with van der Waals surface area (Å²) in [5.74, 6) is 0.918. The highest BCUT2D eigenvalue weighted by Gasteiger charge is 2.42. The summed E-state index contributed by atoms with van der Waals surface area (Å²) in [6, 6.07) is 6.12. The van der Waals surface area contributed by atoms with Gasteiger partial charge in [-0.1, -0.05) is 24.6 Å². The van der Waals surface area contributed by atoms with Gasteiger partial charge in [-0.25, -0.2) is 4.39 Å². The van der Waals surface area contributed by atoms with Crippen molar-refractivity contribution in [2.75, 3.05) is 6.54 Å². The van der Waals surface area contributed by atoms with Crippen LogP contribution in [0.15, 0.2) is 24.3 Å². The first-order chi connectivity index (χ1) is 9.65. The van der Waals surface area contributed by atoms with Crippen molar-refractivity contribution >= 4 is 5.91 Å². The summed E-state index contributed by atoms with van der Waals surface area (Å²) in [6.45, 7) is 0.0770. The highest BCUT2D eigenvalue weighted by Crippen LogP contribution is 2.48. The average Bonchev–Trinajstić information content (AvgIpc) is 3.07. The highest BCUT2D eigenvalue weighted by atomic mass is 19.1. The molecule has 2 aliphatic rings. The minimum absolute atomic E-state index is 0.0209. The van der Waals surface area contributed by atoms with E-state index < -0.39 is 11.9 Å². The van der Waals surface area contributed by atoms with Gasteiger partial charge in [0.1, 0.15) is 5.82 Å². The molecule has 108 valence electrons. The summed E-state index contributed by atoms with van der Waals surface area (Å²) in [4.78, 5) is 12.1. The van der Waals surface area contributed by atoms with Crippen molar-refractivity contribution in [3.05, 3.63) is 35.6 Å². The maximum Gasteiger partial charge on any atom is 0.223 e. The van der Waals surface area contributed by atoms with Gasteiger partial charge in [-0.3, -0.25) is 4.79 Å². The van der Waals surface area contributed by atoms with Crippen molar-refractivity contribution in [1.29, 1.82) is 0 Å². The highest BCUT2D eigenvalue weighted by molar-refractivity contribution is 5.79. The predicted octanol–water partition coefficient (Wildman–Crippen LogP) is 2.41. The second-order valence-electron chi connectivity index (χ2n) is 6.06. The lowest BCUT2D eigenvalue weighted by Crippen LogP contribution is -2.36.